The van der Waals surface area contributed by atoms with Crippen LogP contribution in [-0.2, 0) is 0 Å². The van der Waals surface area contributed by atoms with Gasteiger partial charge >= 0.3 is 0 Å². The lowest BCUT2D eigenvalue weighted by molar-refractivity contribution is 0.340. The van der Waals surface area contributed by atoms with Crippen LogP contribution in [0.3, 0.4) is 0 Å². The van der Waals surface area contributed by atoms with E-state index in [-0.39, 0.29) is 5.75 Å². The third-order valence-electron chi connectivity index (χ3n) is 4.26. The molecule has 0 saturated carbocycles. The summed E-state index contributed by atoms with van der Waals surface area (Å²) in [4.78, 5) is 0. The van der Waals surface area contributed by atoms with Crippen molar-refractivity contribution in [2.75, 3.05) is 11.9 Å². The van der Waals surface area contributed by atoms with Gasteiger partial charge in [-0.1, -0.05) is 24.3 Å². The number of nitrogens with one attached hydrogen (secondary N) is 1. The van der Waals surface area contributed by atoms with Gasteiger partial charge in [0.25, 0.3) is 0 Å². The van der Waals surface area contributed by atoms with E-state index in [9.17, 15) is 5.11 Å². The second kappa shape index (κ2) is 7.33. The summed E-state index contributed by atoms with van der Waals surface area (Å²) in [5.41, 5.74) is 2.64. The van der Waals surface area contributed by atoms with Crippen molar-refractivity contribution >= 4 is 22.3 Å². The van der Waals surface area contributed by atoms with Crippen LogP contribution in [0.15, 0.2) is 72.8 Å². The molecule has 0 fully saturated rings. The third kappa shape index (κ3) is 3.53. The molecule has 3 aromatic carbocycles. The van der Waals surface area contributed by atoms with E-state index in [0.29, 0.717) is 12.4 Å². The number of aromatic nitrogens is 2. The standard InChI is InChI=1S/C22H19N3O2/c1-2-27-18-13-7-15(8-14-18)21-19-5-3-4-6-20(19)22(25-24-21)23-16-9-11-17(26)12-10-16/h3-14,26H,2H2,1H3,(H,23,25). The molecule has 27 heavy (non-hydrogen) atoms. The predicted octanol–water partition coefficient (Wildman–Crippen LogP) is 5.14. The van der Waals surface area contributed by atoms with E-state index in [0.717, 1.165) is 33.5 Å². The highest BCUT2D eigenvalue weighted by Gasteiger charge is 2.11. The van der Waals surface area contributed by atoms with E-state index in [1.807, 2.05) is 55.5 Å². The Kier molecular flexibility index (Phi) is 4.58. The molecular formula is C22H19N3O2. The number of nitrogens with zero attached hydrogens (tertiary/aromatic N) is 2. The molecule has 0 saturated heterocycles. The highest BCUT2D eigenvalue weighted by Crippen LogP contribution is 2.32. The number of hydrogen-bond acceptors (Lipinski definition) is 5. The number of phenolic OH excluding ortho intramolecular Hbond substituents is 1. The topological polar surface area (TPSA) is 67.3 Å². The molecule has 5 nitrogen and oxygen atoms in total. The van der Waals surface area contributed by atoms with E-state index < -0.39 is 0 Å². The molecule has 134 valence electrons. The van der Waals surface area contributed by atoms with Crippen LogP contribution in [-0.4, -0.2) is 21.9 Å². The lowest BCUT2D eigenvalue weighted by atomic mass is 10.0. The van der Waals surface area contributed by atoms with Crippen molar-refractivity contribution in [2.24, 2.45) is 0 Å². The van der Waals surface area contributed by atoms with Crippen molar-refractivity contribution in [3.63, 3.8) is 0 Å². The summed E-state index contributed by atoms with van der Waals surface area (Å²) < 4.78 is 5.51. The van der Waals surface area contributed by atoms with Crippen LogP contribution in [0.4, 0.5) is 11.5 Å². The monoisotopic (exact) mass is 357 g/mol. The van der Waals surface area contributed by atoms with Gasteiger partial charge in [-0.05, 0) is 55.5 Å². The molecule has 0 aliphatic rings. The van der Waals surface area contributed by atoms with Crippen LogP contribution in [0.2, 0.25) is 0 Å². The fraction of sp³-hybridized carbons (Fsp3) is 0.0909. The van der Waals surface area contributed by atoms with Crippen LogP contribution < -0.4 is 10.1 Å². The second-order valence-corrected chi connectivity index (χ2v) is 6.07. The lowest BCUT2D eigenvalue weighted by Crippen LogP contribution is -1.99. The largest absolute Gasteiger partial charge is 0.508 e. The summed E-state index contributed by atoms with van der Waals surface area (Å²) >= 11 is 0. The Balaban J connectivity index is 1.74. The zero-order valence-corrected chi connectivity index (χ0v) is 14.9. The minimum Gasteiger partial charge on any atom is -0.508 e. The average Bonchev–Trinajstić information content (AvgIpc) is 2.71. The summed E-state index contributed by atoms with van der Waals surface area (Å²) in [6.45, 7) is 2.60. The fourth-order valence-electron chi connectivity index (χ4n) is 2.97. The first-order valence-electron chi connectivity index (χ1n) is 8.79. The smallest absolute Gasteiger partial charge is 0.161 e. The van der Waals surface area contributed by atoms with Gasteiger partial charge in [0.2, 0.25) is 0 Å². The molecule has 0 aliphatic carbocycles. The average molecular weight is 357 g/mol. The summed E-state index contributed by atoms with van der Waals surface area (Å²) in [6.07, 6.45) is 0. The van der Waals surface area contributed by atoms with Crippen LogP contribution in [0.1, 0.15) is 6.92 Å². The molecule has 1 heterocycles. The van der Waals surface area contributed by atoms with E-state index >= 15 is 0 Å². The number of anilines is 2. The van der Waals surface area contributed by atoms with E-state index in [4.69, 9.17) is 4.74 Å². The van der Waals surface area contributed by atoms with E-state index in [1.54, 1.807) is 24.3 Å². The molecule has 0 aliphatic heterocycles. The van der Waals surface area contributed by atoms with Gasteiger partial charge in [0, 0.05) is 22.0 Å². The molecule has 0 spiro atoms. The molecule has 0 atom stereocenters. The van der Waals surface area contributed by atoms with Crippen molar-refractivity contribution in [1.82, 2.24) is 10.2 Å². The van der Waals surface area contributed by atoms with Gasteiger partial charge in [-0.2, -0.15) is 0 Å². The quantitative estimate of drug-likeness (QED) is 0.484. The molecule has 0 bridgehead atoms. The number of phenols is 1. The van der Waals surface area contributed by atoms with Crippen molar-refractivity contribution in [2.45, 2.75) is 6.92 Å². The Morgan fingerprint density at radius 2 is 1.56 bits per heavy atom. The number of rotatable bonds is 5. The highest BCUT2D eigenvalue weighted by molar-refractivity contribution is 6.00. The van der Waals surface area contributed by atoms with Gasteiger partial charge in [-0.15, -0.1) is 10.2 Å². The van der Waals surface area contributed by atoms with E-state index in [1.165, 1.54) is 0 Å². The maximum Gasteiger partial charge on any atom is 0.161 e. The van der Waals surface area contributed by atoms with Crippen LogP contribution >= 0.6 is 0 Å². The Hall–Kier alpha value is -3.60. The molecule has 4 aromatic rings. The summed E-state index contributed by atoms with van der Waals surface area (Å²) in [7, 11) is 0. The molecular weight excluding hydrogens is 338 g/mol. The Morgan fingerprint density at radius 3 is 2.26 bits per heavy atom. The highest BCUT2D eigenvalue weighted by atomic mass is 16.5. The normalized spacial score (nSPS) is 10.7. The summed E-state index contributed by atoms with van der Waals surface area (Å²) in [6, 6.07) is 22.8. The summed E-state index contributed by atoms with van der Waals surface area (Å²) in [5.74, 6) is 1.73. The maximum atomic E-state index is 9.45. The lowest BCUT2D eigenvalue weighted by Gasteiger charge is -2.11. The SMILES string of the molecule is CCOc1ccc(-c2nnc(Nc3ccc(O)cc3)c3ccccc23)cc1. The van der Waals surface area contributed by atoms with Crippen LogP contribution in [0.25, 0.3) is 22.0 Å². The molecule has 2 N–H and O–H groups in total. The number of hydrogen-bond donors (Lipinski definition) is 2. The van der Waals surface area contributed by atoms with Crippen molar-refractivity contribution in [3.8, 4) is 22.8 Å². The molecule has 0 unspecified atom stereocenters. The van der Waals surface area contributed by atoms with Gasteiger partial charge in [-0.25, -0.2) is 0 Å². The molecule has 1 aromatic heterocycles. The molecule has 5 heteroatoms. The molecule has 0 amide bonds. The zero-order chi connectivity index (χ0) is 18.6. The number of aromatic hydroxyl groups is 1. The van der Waals surface area contributed by atoms with Gasteiger partial charge in [-0.3, -0.25) is 0 Å². The maximum absolute atomic E-state index is 9.45. The summed E-state index contributed by atoms with van der Waals surface area (Å²) in [5, 5.41) is 23.6. The first-order chi connectivity index (χ1) is 13.2. The first kappa shape index (κ1) is 16.8. The minimum absolute atomic E-state index is 0.224. The predicted molar refractivity (Wildman–Crippen MR) is 108 cm³/mol. The molecule has 4 rings (SSSR count). The Morgan fingerprint density at radius 1 is 0.852 bits per heavy atom. The van der Waals surface area contributed by atoms with Crippen molar-refractivity contribution in [3.05, 3.63) is 72.8 Å². The van der Waals surface area contributed by atoms with Gasteiger partial charge < -0.3 is 15.2 Å². The van der Waals surface area contributed by atoms with Crippen LogP contribution in [0.5, 0.6) is 11.5 Å². The van der Waals surface area contributed by atoms with Gasteiger partial charge in [0.05, 0.1) is 6.61 Å². The van der Waals surface area contributed by atoms with Crippen molar-refractivity contribution < 1.29 is 9.84 Å². The minimum atomic E-state index is 0.224. The van der Waals surface area contributed by atoms with Crippen molar-refractivity contribution in [1.29, 1.82) is 0 Å². The molecule has 0 radical (unpaired) electrons. The number of ether oxygens (including phenoxy) is 1. The first-order valence-corrected chi connectivity index (χ1v) is 8.79. The Labute approximate surface area is 157 Å². The fourth-order valence-corrected chi connectivity index (χ4v) is 2.97. The third-order valence-corrected chi connectivity index (χ3v) is 4.26. The number of fused-ring (bicyclic) bond motifs is 1. The number of benzene rings is 3. The Bertz CT molecular complexity index is 1060. The van der Waals surface area contributed by atoms with Crippen LogP contribution in [0, 0.1) is 0 Å². The van der Waals surface area contributed by atoms with Gasteiger partial charge in [0.15, 0.2) is 5.82 Å². The van der Waals surface area contributed by atoms with E-state index in [2.05, 4.69) is 15.5 Å². The second-order valence-electron chi connectivity index (χ2n) is 6.07. The zero-order valence-electron chi connectivity index (χ0n) is 14.9. The van der Waals surface area contributed by atoms with Gasteiger partial charge in [0.1, 0.15) is 17.2 Å².